The molecular weight excluding hydrogens is 422 g/mol. The number of aliphatic carboxylic acids is 2. The van der Waals surface area contributed by atoms with Gasteiger partial charge in [-0.05, 0) is 30.0 Å². The molecule has 2 rings (SSSR count). The third kappa shape index (κ3) is 7.23. The quantitative estimate of drug-likeness (QED) is 0.290. The number of nitrogens with zero attached hydrogens (tertiary/aromatic N) is 2. The van der Waals surface area contributed by atoms with Gasteiger partial charge < -0.3 is 36.2 Å². The smallest absolute Gasteiger partial charge is 0.326 e. The van der Waals surface area contributed by atoms with Crippen molar-refractivity contribution in [3.63, 3.8) is 0 Å². The highest BCUT2D eigenvalue weighted by molar-refractivity contribution is 5.83. The van der Waals surface area contributed by atoms with E-state index in [0.29, 0.717) is 5.56 Å². The maximum Gasteiger partial charge on any atom is 0.326 e. The number of hydrogen-bond acceptors (Lipinski definition) is 8. The van der Waals surface area contributed by atoms with Crippen LogP contribution in [0.4, 0.5) is 4.79 Å². The second kappa shape index (κ2) is 11.1. The average Bonchev–Trinajstić information content (AvgIpc) is 3.21. The number of benzene rings is 1. The van der Waals surface area contributed by atoms with Crippen LogP contribution in [0.1, 0.15) is 56.1 Å². The van der Waals surface area contributed by atoms with Gasteiger partial charge in [0.15, 0.2) is 5.82 Å². The molecule has 2 aromatic rings. The number of carboxylic acid groups (broad SMARTS) is 2. The van der Waals surface area contributed by atoms with Crippen molar-refractivity contribution in [2.24, 2.45) is 11.7 Å². The molecule has 0 fully saturated rings. The van der Waals surface area contributed by atoms with Crippen LogP contribution in [0, 0.1) is 5.92 Å². The molecule has 32 heavy (non-hydrogen) atoms. The molecule has 12 heteroatoms. The molecule has 1 heterocycles. The van der Waals surface area contributed by atoms with Crippen molar-refractivity contribution in [3.8, 4) is 5.75 Å². The number of nitrogens with two attached hydrogens (primary N) is 1. The lowest BCUT2D eigenvalue weighted by Gasteiger charge is -2.19. The Kier molecular flexibility index (Phi) is 8.53. The molecule has 12 nitrogen and oxygen atoms in total. The lowest BCUT2D eigenvalue weighted by Crippen LogP contribution is -2.48. The number of aromatic hydroxyl groups is 1. The van der Waals surface area contributed by atoms with Crippen LogP contribution in [-0.4, -0.2) is 49.5 Å². The molecule has 0 aliphatic carbocycles. The average molecular weight is 449 g/mol. The SMILES string of the molecule is CC(C)C(N)c1noc(C(CCC(=O)O)NC(=O)N[C@@H](Cc2ccc(O)cc2)C(=O)O)n1. The van der Waals surface area contributed by atoms with Crippen LogP contribution < -0.4 is 16.4 Å². The maximum atomic E-state index is 12.5. The maximum absolute atomic E-state index is 12.5. The van der Waals surface area contributed by atoms with Crippen LogP contribution in [-0.2, 0) is 16.0 Å². The van der Waals surface area contributed by atoms with Crippen molar-refractivity contribution < 1.29 is 34.2 Å². The Hall–Kier alpha value is -3.67. The molecule has 0 aliphatic rings. The highest BCUT2D eigenvalue weighted by Gasteiger charge is 2.27. The Labute approximate surface area is 183 Å². The minimum atomic E-state index is -1.27. The summed E-state index contributed by atoms with van der Waals surface area (Å²) in [5.74, 6) is -2.12. The highest BCUT2D eigenvalue weighted by Crippen LogP contribution is 2.21. The third-order valence-electron chi connectivity index (χ3n) is 4.70. The minimum Gasteiger partial charge on any atom is -0.508 e. The van der Waals surface area contributed by atoms with E-state index in [9.17, 15) is 24.6 Å². The zero-order valence-corrected chi connectivity index (χ0v) is 17.7. The third-order valence-corrected chi connectivity index (χ3v) is 4.70. The van der Waals surface area contributed by atoms with Gasteiger partial charge in [-0.3, -0.25) is 4.79 Å². The standard InChI is InChI=1S/C20H27N5O7/c1-10(2)16(21)17-24-18(32-25-17)13(7-8-15(27)28)22-20(31)23-14(19(29)30)9-11-3-5-12(26)6-4-11/h3-6,10,13-14,16,26H,7-9,21H2,1-2H3,(H,27,28)(H,29,30)(H2,22,23,31)/t13?,14-,16?/m0/s1. The fourth-order valence-corrected chi connectivity index (χ4v) is 2.77. The molecule has 2 amide bonds. The van der Waals surface area contributed by atoms with Crippen LogP contribution in [0.25, 0.3) is 0 Å². The molecule has 3 atom stereocenters. The number of urea groups is 1. The number of phenols is 1. The van der Waals surface area contributed by atoms with E-state index in [1.54, 1.807) is 12.1 Å². The van der Waals surface area contributed by atoms with Crippen molar-refractivity contribution in [1.82, 2.24) is 20.8 Å². The van der Waals surface area contributed by atoms with E-state index in [4.69, 9.17) is 15.4 Å². The molecule has 1 aromatic heterocycles. The van der Waals surface area contributed by atoms with Gasteiger partial charge in [-0.25, -0.2) is 9.59 Å². The first-order chi connectivity index (χ1) is 15.1. The van der Waals surface area contributed by atoms with Crippen LogP contribution in [0.3, 0.4) is 0 Å². The highest BCUT2D eigenvalue weighted by atomic mass is 16.5. The molecule has 0 bridgehead atoms. The van der Waals surface area contributed by atoms with Gasteiger partial charge >= 0.3 is 18.0 Å². The predicted molar refractivity (Wildman–Crippen MR) is 111 cm³/mol. The summed E-state index contributed by atoms with van der Waals surface area (Å²) < 4.78 is 5.17. The van der Waals surface area contributed by atoms with E-state index in [2.05, 4.69) is 20.8 Å². The lowest BCUT2D eigenvalue weighted by molar-refractivity contribution is -0.139. The number of hydrogen-bond donors (Lipinski definition) is 6. The van der Waals surface area contributed by atoms with Crippen molar-refractivity contribution in [2.75, 3.05) is 0 Å². The van der Waals surface area contributed by atoms with Gasteiger partial charge in [-0.15, -0.1) is 0 Å². The van der Waals surface area contributed by atoms with E-state index < -0.39 is 36.1 Å². The largest absolute Gasteiger partial charge is 0.508 e. The summed E-state index contributed by atoms with van der Waals surface area (Å²) in [6.07, 6.45) is -0.386. The molecule has 0 aliphatic heterocycles. The molecule has 2 unspecified atom stereocenters. The summed E-state index contributed by atoms with van der Waals surface area (Å²) in [6.45, 7) is 3.74. The number of amides is 2. The van der Waals surface area contributed by atoms with Crippen molar-refractivity contribution >= 4 is 18.0 Å². The Bertz CT molecular complexity index is 929. The Balaban J connectivity index is 2.11. The van der Waals surface area contributed by atoms with Gasteiger partial charge in [0.05, 0.1) is 6.04 Å². The zero-order valence-electron chi connectivity index (χ0n) is 17.7. The summed E-state index contributed by atoms with van der Waals surface area (Å²) in [5.41, 5.74) is 6.58. The monoisotopic (exact) mass is 449 g/mol. The predicted octanol–water partition coefficient (Wildman–Crippen LogP) is 1.33. The summed E-state index contributed by atoms with van der Waals surface area (Å²) in [7, 11) is 0. The van der Waals surface area contributed by atoms with Crippen molar-refractivity contribution in [2.45, 2.75) is 51.2 Å². The van der Waals surface area contributed by atoms with E-state index >= 15 is 0 Å². The number of carbonyl (C=O) groups excluding carboxylic acids is 1. The first kappa shape index (κ1) is 24.6. The second-order valence-electron chi connectivity index (χ2n) is 7.62. The molecule has 0 radical (unpaired) electrons. The van der Waals surface area contributed by atoms with Crippen LogP contribution in [0.5, 0.6) is 5.75 Å². The number of aromatic nitrogens is 2. The Morgan fingerprint density at radius 1 is 1.12 bits per heavy atom. The molecule has 0 saturated heterocycles. The molecule has 1 aromatic carbocycles. The normalized spacial score (nSPS) is 13.9. The molecule has 0 spiro atoms. The molecular formula is C20H27N5O7. The molecule has 174 valence electrons. The van der Waals surface area contributed by atoms with Gasteiger partial charge in [-0.2, -0.15) is 4.98 Å². The van der Waals surface area contributed by atoms with E-state index in [-0.39, 0.29) is 42.6 Å². The summed E-state index contributed by atoms with van der Waals surface area (Å²) in [4.78, 5) is 39.3. The Morgan fingerprint density at radius 2 is 1.78 bits per heavy atom. The van der Waals surface area contributed by atoms with Gasteiger partial charge in [0.25, 0.3) is 0 Å². The number of carboxylic acids is 2. The topological polar surface area (TPSA) is 201 Å². The van der Waals surface area contributed by atoms with Crippen molar-refractivity contribution in [1.29, 1.82) is 0 Å². The van der Waals surface area contributed by atoms with Gasteiger partial charge in [0, 0.05) is 12.8 Å². The van der Waals surface area contributed by atoms with Gasteiger partial charge in [0.1, 0.15) is 17.8 Å². The molecule has 0 saturated carbocycles. The van der Waals surface area contributed by atoms with E-state index in [0.717, 1.165) is 0 Å². The second-order valence-corrected chi connectivity index (χ2v) is 7.62. The van der Waals surface area contributed by atoms with Crippen molar-refractivity contribution in [3.05, 3.63) is 41.5 Å². The summed E-state index contributed by atoms with van der Waals surface area (Å²) >= 11 is 0. The number of carbonyl (C=O) groups is 3. The van der Waals surface area contributed by atoms with E-state index in [1.165, 1.54) is 12.1 Å². The fourth-order valence-electron chi connectivity index (χ4n) is 2.77. The number of rotatable bonds is 11. The van der Waals surface area contributed by atoms with Crippen LogP contribution in [0.15, 0.2) is 28.8 Å². The van der Waals surface area contributed by atoms with Gasteiger partial charge in [-0.1, -0.05) is 31.1 Å². The first-order valence-electron chi connectivity index (χ1n) is 9.95. The number of phenolic OH excluding ortho intramolecular Hbond substituents is 1. The summed E-state index contributed by atoms with van der Waals surface area (Å²) in [6, 6.07) is 2.30. The number of nitrogens with one attached hydrogen (secondary N) is 2. The first-order valence-corrected chi connectivity index (χ1v) is 9.95. The fraction of sp³-hybridized carbons (Fsp3) is 0.450. The van der Waals surface area contributed by atoms with Crippen LogP contribution >= 0.6 is 0 Å². The van der Waals surface area contributed by atoms with Crippen LogP contribution in [0.2, 0.25) is 0 Å². The molecule has 7 N–H and O–H groups in total. The summed E-state index contributed by atoms with van der Waals surface area (Å²) in [5, 5.41) is 36.4. The minimum absolute atomic E-state index is 0.0189. The lowest BCUT2D eigenvalue weighted by atomic mass is 10.1. The zero-order chi connectivity index (χ0) is 23.8. The Morgan fingerprint density at radius 3 is 2.34 bits per heavy atom. The van der Waals surface area contributed by atoms with Gasteiger partial charge in [0.2, 0.25) is 5.89 Å². The van der Waals surface area contributed by atoms with E-state index in [1.807, 2.05) is 13.8 Å².